The van der Waals surface area contributed by atoms with E-state index in [0.29, 0.717) is 0 Å². The fourth-order valence-corrected chi connectivity index (χ4v) is 2.89. The Morgan fingerprint density at radius 3 is 2.73 bits per heavy atom. The van der Waals surface area contributed by atoms with Crippen LogP contribution in [0.1, 0.15) is 12.0 Å². The zero-order valence-corrected chi connectivity index (χ0v) is 10.3. The zero-order valence-electron chi connectivity index (χ0n) is 8.70. The predicted octanol–water partition coefficient (Wildman–Crippen LogP) is 2.55. The number of benzene rings is 1. The minimum absolute atomic E-state index is 0.325. The van der Waals surface area contributed by atoms with Gasteiger partial charge in [-0.1, -0.05) is 34.1 Å². The van der Waals surface area contributed by atoms with Crippen molar-refractivity contribution < 1.29 is 0 Å². The van der Waals surface area contributed by atoms with E-state index in [9.17, 15) is 5.26 Å². The second kappa shape index (κ2) is 3.96. The van der Waals surface area contributed by atoms with Gasteiger partial charge in [0, 0.05) is 11.0 Å². The molecule has 2 nitrogen and oxygen atoms in total. The second-order valence-corrected chi connectivity index (χ2v) is 5.02. The van der Waals surface area contributed by atoms with Crippen molar-refractivity contribution >= 4 is 15.9 Å². The lowest BCUT2D eigenvalue weighted by molar-refractivity contribution is 0.397. The van der Waals surface area contributed by atoms with E-state index in [4.69, 9.17) is 0 Å². The van der Waals surface area contributed by atoms with Crippen LogP contribution in [0.4, 0.5) is 0 Å². The van der Waals surface area contributed by atoms with Gasteiger partial charge >= 0.3 is 0 Å². The third-order valence-corrected chi connectivity index (χ3v) is 3.76. The monoisotopic (exact) mass is 264 g/mol. The number of likely N-dealkylation sites (tertiary alicyclic amines) is 1. The van der Waals surface area contributed by atoms with Crippen LogP contribution in [0.3, 0.4) is 0 Å². The molecule has 0 aliphatic carbocycles. The van der Waals surface area contributed by atoms with Crippen LogP contribution in [-0.4, -0.2) is 25.0 Å². The minimum atomic E-state index is -0.325. The number of likely N-dealkylation sites (N-methyl/N-ethyl adjacent to an activating group) is 1. The molecule has 2 rings (SSSR count). The smallest absolute Gasteiger partial charge is 0.0971 e. The van der Waals surface area contributed by atoms with E-state index in [-0.39, 0.29) is 5.41 Å². The maximum Gasteiger partial charge on any atom is 0.0971 e. The van der Waals surface area contributed by atoms with Crippen LogP contribution in [0.25, 0.3) is 0 Å². The molecule has 1 saturated heterocycles. The van der Waals surface area contributed by atoms with E-state index in [0.717, 1.165) is 29.5 Å². The van der Waals surface area contributed by atoms with Crippen LogP contribution in [0.5, 0.6) is 0 Å². The molecule has 0 spiro atoms. The molecule has 0 amide bonds. The summed E-state index contributed by atoms with van der Waals surface area (Å²) < 4.78 is 1.04. The molecule has 78 valence electrons. The van der Waals surface area contributed by atoms with Crippen molar-refractivity contribution in [2.75, 3.05) is 20.1 Å². The predicted molar refractivity (Wildman–Crippen MR) is 63.5 cm³/mol. The summed E-state index contributed by atoms with van der Waals surface area (Å²) >= 11 is 3.53. The number of halogens is 1. The largest absolute Gasteiger partial charge is 0.304 e. The van der Waals surface area contributed by atoms with Crippen molar-refractivity contribution in [3.8, 4) is 6.07 Å². The lowest BCUT2D eigenvalue weighted by Gasteiger charge is -2.22. The molecule has 0 N–H and O–H groups in total. The van der Waals surface area contributed by atoms with E-state index in [1.54, 1.807) is 0 Å². The van der Waals surface area contributed by atoms with Crippen LogP contribution in [0.2, 0.25) is 0 Å². The molecular weight excluding hydrogens is 252 g/mol. The molecule has 1 aliphatic rings. The van der Waals surface area contributed by atoms with E-state index < -0.39 is 0 Å². The molecule has 1 atom stereocenters. The summed E-state index contributed by atoms with van der Waals surface area (Å²) in [5, 5.41) is 9.41. The summed E-state index contributed by atoms with van der Waals surface area (Å²) in [6.45, 7) is 1.82. The highest BCUT2D eigenvalue weighted by Gasteiger charge is 2.39. The molecule has 1 fully saturated rings. The highest BCUT2D eigenvalue weighted by Crippen LogP contribution is 2.37. The SMILES string of the molecule is CN1CCC(C#N)(c2ccccc2Br)C1. The van der Waals surface area contributed by atoms with Gasteiger partial charge in [0.25, 0.3) is 0 Å². The van der Waals surface area contributed by atoms with E-state index in [1.165, 1.54) is 0 Å². The van der Waals surface area contributed by atoms with Crippen LogP contribution >= 0.6 is 15.9 Å². The first kappa shape index (κ1) is 10.7. The van der Waals surface area contributed by atoms with Gasteiger partial charge in [-0.15, -0.1) is 0 Å². The van der Waals surface area contributed by atoms with Gasteiger partial charge in [-0.3, -0.25) is 0 Å². The summed E-state index contributed by atoms with van der Waals surface area (Å²) in [4.78, 5) is 2.21. The van der Waals surface area contributed by atoms with Crippen molar-refractivity contribution in [2.45, 2.75) is 11.8 Å². The van der Waals surface area contributed by atoms with Crippen LogP contribution < -0.4 is 0 Å². The molecule has 0 saturated carbocycles. The summed E-state index contributed by atoms with van der Waals surface area (Å²) in [5.74, 6) is 0. The Morgan fingerprint density at radius 2 is 2.20 bits per heavy atom. The molecule has 0 bridgehead atoms. The Balaban J connectivity index is 2.45. The quantitative estimate of drug-likeness (QED) is 0.780. The van der Waals surface area contributed by atoms with E-state index >= 15 is 0 Å². The summed E-state index contributed by atoms with van der Waals surface area (Å²) in [5.41, 5.74) is 0.798. The third kappa shape index (κ3) is 1.80. The molecule has 0 radical (unpaired) electrons. The van der Waals surface area contributed by atoms with Crippen molar-refractivity contribution in [2.24, 2.45) is 0 Å². The first-order valence-electron chi connectivity index (χ1n) is 5.03. The minimum Gasteiger partial charge on any atom is -0.304 e. The molecule has 1 heterocycles. The molecule has 3 heteroatoms. The fourth-order valence-electron chi connectivity index (χ4n) is 2.22. The first-order valence-corrected chi connectivity index (χ1v) is 5.82. The summed E-state index contributed by atoms with van der Waals surface area (Å²) in [6, 6.07) is 10.5. The van der Waals surface area contributed by atoms with Gasteiger partial charge in [0.1, 0.15) is 0 Å². The van der Waals surface area contributed by atoms with Crippen molar-refractivity contribution in [3.63, 3.8) is 0 Å². The highest BCUT2D eigenvalue weighted by atomic mass is 79.9. The standard InChI is InChI=1S/C12H13BrN2/c1-15-7-6-12(8-14,9-15)10-4-2-3-5-11(10)13/h2-5H,6-7,9H2,1H3. The highest BCUT2D eigenvalue weighted by molar-refractivity contribution is 9.10. The van der Waals surface area contributed by atoms with Gasteiger partial charge in [0.15, 0.2) is 0 Å². The van der Waals surface area contributed by atoms with E-state index in [1.807, 2.05) is 24.3 Å². The maximum absolute atomic E-state index is 9.41. The maximum atomic E-state index is 9.41. The Bertz CT molecular complexity index is 410. The van der Waals surface area contributed by atoms with Gasteiger partial charge < -0.3 is 4.90 Å². The van der Waals surface area contributed by atoms with Crippen molar-refractivity contribution in [1.82, 2.24) is 4.90 Å². The Kier molecular flexibility index (Phi) is 2.81. The molecule has 1 aromatic rings. The van der Waals surface area contributed by atoms with Gasteiger partial charge in [0.2, 0.25) is 0 Å². The molecule has 15 heavy (non-hydrogen) atoms. The molecular formula is C12H13BrN2. The van der Waals surface area contributed by atoms with Gasteiger partial charge in [-0.2, -0.15) is 5.26 Å². The number of nitrogens with zero attached hydrogens (tertiary/aromatic N) is 2. The van der Waals surface area contributed by atoms with Crippen molar-refractivity contribution in [1.29, 1.82) is 5.26 Å². The average Bonchev–Trinajstić information content (AvgIpc) is 2.62. The number of hydrogen-bond acceptors (Lipinski definition) is 2. The third-order valence-electron chi connectivity index (χ3n) is 3.06. The number of rotatable bonds is 1. The molecule has 1 unspecified atom stereocenters. The topological polar surface area (TPSA) is 27.0 Å². The summed E-state index contributed by atoms with van der Waals surface area (Å²) in [6.07, 6.45) is 0.919. The lowest BCUT2D eigenvalue weighted by Crippen LogP contribution is -2.28. The zero-order chi connectivity index (χ0) is 10.9. The first-order chi connectivity index (χ1) is 7.18. The second-order valence-electron chi connectivity index (χ2n) is 4.16. The molecule has 1 aromatic carbocycles. The molecule has 0 aromatic heterocycles. The van der Waals surface area contributed by atoms with Crippen molar-refractivity contribution in [3.05, 3.63) is 34.3 Å². The molecule has 1 aliphatic heterocycles. The van der Waals surface area contributed by atoms with Gasteiger partial charge in [-0.25, -0.2) is 0 Å². The van der Waals surface area contributed by atoms with Crippen LogP contribution in [0, 0.1) is 11.3 Å². The number of nitriles is 1. The van der Waals surface area contributed by atoms with Crippen LogP contribution in [0.15, 0.2) is 28.7 Å². The Hall–Kier alpha value is -0.850. The van der Waals surface area contributed by atoms with E-state index in [2.05, 4.69) is 33.9 Å². The van der Waals surface area contributed by atoms with Gasteiger partial charge in [-0.05, 0) is 31.6 Å². The normalized spacial score (nSPS) is 26.5. The fraction of sp³-hybridized carbons (Fsp3) is 0.417. The lowest BCUT2D eigenvalue weighted by atomic mass is 9.81. The van der Waals surface area contributed by atoms with Crippen LogP contribution in [-0.2, 0) is 5.41 Å². The van der Waals surface area contributed by atoms with Gasteiger partial charge in [0.05, 0.1) is 11.5 Å². The Morgan fingerprint density at radius 1 is 1.47 bits per heavy atom. The number of hydrogen-bond donors (Lipinski definition) is 0. The Labute approximate surface area is 98.6 Å². The summed E-state index contributed by atoms with van der Waals surface area (Å²) in [7, 11) is 2.07. The average molecular weight is 265 g/mol.